The Labute approximate surface area is 131 Å². The zero-order chi connectivity index (χ0) is 17.0. The van der Waals surface area contributed by atoms with Crippen molar-refractivity contribution in [2.24, 2.45) is 0 Å². The molecule has 0 unspecified atom stereocenters. The van der Waals surface area contributed by atoms with E-state index in [4.69, 9.17) is 4.74 Å². The fourth-order valence-electron chi connectivity index (χ4n) is 1.85. The third-order valence-electron chi connectivity index (χ3n) is 3.30. The maximum Gasteiger partial charge on any atom is 0.321 e. The smallest absolute Gasteiger partial charge is 0.321 e. The lowest BCUT2D eigenvalue weighted by molar-refractivity contribution is 0.234. The molecular formula is C16H15F3N2O2. The zero-order valence-corrected chi connectivity index (χ0v) is 12.5. The molecule has 2 amide bonds. The first kappa shape index (κ1) is 16.7. The van der Waals surface area contributed by atoms with E-state index in [1.807, 2.05) is 26.0 Å². The van der Waals surface area contributed by atoms with Crippen LogP contribution in [0.4, 0.5) is 23.7 Å². The standard InChI is InChI=1S/C16H15F3N2O2/c1-9-4-3-5-13(10(9)2)23-8-20-16(22)21-12-7-6-11(17)14(18)15(12)19/h3-7H,8H2,1-2H3,(H2,20,21,22). The predicted molar refractivity (Wildman–Crippen MR) is 79.9 cm³/mol. The third kappa shape index (κ3) is 3.94. The van der Waals surface area contributed by atoms with Crippen LogP contribution in [0.1, 0.15) is 11.1 Å². The summed E-state index contributed by atoms with van der Waals surface area (Å²) < 4.78 is 44.7. The van der Waals surface area contributed by atoms with Crippen LogP contribution in [-0.2, 0) is 0 Å². The molecule has 0 atom stereocenters. The molecule has 0 heterocycles. The van der Waals surface area contributed by atoms with Crippen molar-refractivity contribution in [3.63, 3.8) is 0 Å². The molecule has 0 radical (unpaired) electrons. The fourth-order valence-corrected chi connectivity index (χ4v) is 1.85. The van der Waals surface area contributed by atoms with Crippen LogP contribution in [0.25, 0.3) is 0 Å². The Morgan fingerprint density at radius 3 is 2.57 bits per heavy atom. The summed E-state index contributed by atoms with van der Waals surface area (Å²) in [5.41, 5.74) is 1.50. The van der Waals surface area contributed by atoms with Gasteiger partial charge in [0.15, 0.2) is 24.2 Å². The average Bonchev–Trinajstić information content (AvgIpc) is 2.52. The molecule has 0 bridgehead atoms. The minimum Gasteiger partial charge on any atom is -0.473 e. The Hall–Kier alpha value is -2.70. The van der Waals surface area contributed by atoms with Crippen LogP contribution in [0, 0.1) is 31.3 Å². The quantitative estimate of drug-likeness (QED) is 0.662. The van der Waals surface area contributed by atoms with Gasteiger partial charge < -0.3 is 15.4 Å². The van der Waals surface area contributed by atoms with Gasteiger partial charge in [0, 0.05) is 0 Å². The van der Waals surface area contributed by atoms with Crippen molar-refractivity contribution in [2.45, 2.75) is 13.8 Å². The highest BCUT2D eigenvalue weighted by Crippen LogP contribution is 2.21. The highest BCUT2D eigenvalue weighted by atomic mass is 19.2. The lowest BCUT2D eigenvalue weighted by atomic mass is 10.1. The molecule has 2 N–H and O–H groups in total. The molecule has 2 aromatic carbocycles. The van der Waals surface area contributed by atoms with E-state index in [0.717, 1.165) is 23.3 Å². The lowest BCUT2D eigenvalue weighted by Gasteiger charge is -2.12. The van der Waals surface area contributed by atoms with Crippen molar-refractivity contribution < 1.29 is 22.7 Å². The summed E-state index contributed by atoms with van der Waals surface area (Å²) >= 11 is 0. The van der Waals surface area contributed by atoms with Crippen molar-refractivity contribution in [3.8, 4) is 5.75 Å². The number of aryl methyl sites for hydroxylation is 1. The van der Waals surface area contributed by atoms with E-state index in [1.165, 1.54) is 0 Å². The number of anilines is 1. The molecule has 4 nitrogen and oxygen atoms in total. The number of hydrogen-bond acceptors (Lipinski definition) is 2. The van der Waals surface area contributed by atoms with Gasteiger partial charge in [0.2, 0.25) is 0 Å². The van der Waals surface area contributed by atoms with Gasteiger partial charge in [-0.15, -0.1) is 0 Å². The summed E-state index contributed by atoms with van der Waals surface area (Å²) in [4.78, 5) is 11.6. The minimum absolute atomic E-state index is 0.165. The van der Waals surface area contributed by atoms with Crippen molar-refractivity contribution in [1.82, 2.24) is 5.32 Å². The van der Waals surface area contributed by atoms with Crippen LogP contribution >= 0.6 is 0 Å². The number of urea groups is 1. The van der Waals surface area contributed by atoms with Gasteiger partial charge in [0.05, 0.1) is 5.69 Å². The molecule has 0 fully saturated rings. The second-order valence-corrected chi connectivity index (χ2v) is 4.84. The summed E-state index contributed by atoms with van der Waals surface area (Å²) in [5, 5.41) is 4.41. The zero-order valence-electron chi connectivity index (χ0n) is 12.5. The van der Waals surface area contributed by atoms with Crippen molar-refractivity contribution in [3.05, 3.63) is 58.9 Å². The second-order valence-electron chi connectivity index (χ2n) is 4.84. The molecule has 2 rings (SSSR count). The van der Waals surface area contributed by atoms with Gasteiger partial charge in [-0.25, -0.2) is 18.0 Å². The third-order valence-corrected chi connectivity index (χ3v) is 3.30. The van der Waals surface area contributed by atoms with E-state index in [1.54, 1.807) is 6.07 Å². The molecule has 23 heavy (non-hydrogen) atoms. The topological polar surface area (TPSA) is 50.4 Å². The van der Waals surface area contributed by atoms with E-state index in [-0.39, 0.29) is 6.73 Å². The van der Waals surface area contributed by atoms with Crippen molar-refractivity contribution in [2.75, 3.05) is 12.0 Å². The monoisotopic (exact) mass is 324 g/mol. The van der Waals surface area contributed by atoms with Gasteiger partial charge in [0.1, 0.15) is 5.75 Å². The largest absolute Gasteiger partial charge is 0.473 e. The van der Waals surface area contributed by atoms with E-state index < -0.39 is 29.2 Å². The van der Waals surface area contributed by atoms with E-state index in [2.05, 4.69) is 10.6 Å². The van der Waals surface area contributed by atoms with Crippen molar-refractivity contribution >= 4 is 11.7 Å². The molecule has 0 aliphatic heterocycles. The average molecular weight is 324 g/mol. The lowest BCUT2D eigenvalue weighted by Crippen LogP contribution is -2.32. The number of carbonyl (C=O) groups is 1. The van der Waals surface area contributed by atoms with E-state index in [0.29, 0.717) is 5.75 Å². The summed E-state index contributed by atoms with van der Waals surface area (Å²) in [6.45, 7) is 3.64. The number of halogens is 3. The van der Waals surface area contributed by atoms with Crippen LogP contribution in [-0.4, -0.2) is 12.8 Å². The number of carbonyl (C=O) groups excluding carboxylic acids is 1. The van der Waals surface area contributed by atoms with Gasteiger partial charge in [-0.05, 0) is 43.2 Å². The Balaban J connectivity index is 1.91. The number of benzene rings is 2. The Bertz CT molecular complexity index is 736. The number of hydrogen-bond donors (Lipinski definition) is 2. The van der Waals surface area contributed by atoms with Gasteiger partial charge in [0.25, 0.3) is 0 Å². The molecule has 7 heteroatoms. The number of nitrogens with one attached hydrogen (secondary N) is 2. The summed E-state index contributed by atoms with van der Waals surface area (Å²) in [5.74, 6) is -3.83. The molecule has 0 aliphatic carbocycles. The number of amides is 2. The summed E-state index contributed by atoms with van der Waals surface area (Å²) in [6.07, 6.45) is 0. The molecule has 0 saturated carbocycles. The first-order valence-electron chi connectivity index (χ1n) is 6.77. The van der Waals surface area contributed by atoms with Crippen LogP contribution in [0.15, 0.2) is 30.3 Å². The molecule has 2 aromatic rings. The highest BCUT2D eigenvalue weighted by molar-refractivity contribution is 5.89. The second kappa shape index (κ2) is 7.04. The van der Waals surface area contributed by atoms with Crippen LogP contribution < -0.4 is 15.4 Å². The maximum atomic E-state index is 13.4. The normalized spacial score (nSPS) is 10.3. The summed E-state index contributed by atoms with van der Waals surface area (Å²) in [7, 11) is 0. The molecule has 0 aliphatic rings. The fraction of sp³-hybridized carbons (Fsp3) is 0.188. The molecule has 122 valence electrons. The molecule has 0 saturated heterocycles. The maximum absolute atomic E-state index is 13.4. The van der Waals surface area contributed by atoms with Gasteiger partial charge in [-0.1, -0.05) is 12.1 Å². The Morgan fingerprint density at radius 2 is 1.83 bits per heavy atom. The Morgan fingerprint density at radius 1 is 1.09 bits per heavy atom. The van der Waals surface area contributed by atoms with Gasteiger partial charge >= 0.3 is 6.03 Å². The molecule has 0 spiro atoms. The van der Waals surface area contributed by atoms with E-state index >= 15 is 0 Å². The van der Waals surface area contributed by atoms with Crippen LogP contribution in [0.2, 0.25) is 0 Å². The number of rotatable bonds is 4. The highest BCUT2D eigenvalue weighted by Gasteiger charge is 2.15. The molecular weight excluding hydrogens is 309 g/mol. The van der Waals surface area contributed by atoms with Crippen LogP contribution in [0.3, 0.4) is 0 Å². The first-order chi connectivity index (χ1) is 10.9. The predicted octanol–water partition coefficient (Wildman–Crippen LogP) is 3.88. The SMILES string of the molecule is Cc1cccc(OCNC(=O)Nc2ccc(F)c(F)c2F)c1C. The van der Waals surface area contributed by atoms with Crippen LogP contribution in [0.5, 0.6) is 5.75 Å². The van der Waals surface area contributed by atoms with E-state index in [9.17, 15) is 18.0 Å². The minimum atomic E-state index is -1.64. The number of ether oxygens (including phenoxy) is 1. The summed E-state index contributed by atoms with van der Waals surface area (Å²) in [6, 6.07) is 6.33. The Kier molecular flexibility index (Phi) is 5.10. The first-order valence-corrected chi connectivity index (χ1v) is 6.77. The molecule has 0 aromatic heterocycles. The van der Waals surface area contributed by atoms with Crippen molar-refractivity contribution in [1.29, 1.82) is 0 Å². The van der Waals surface area contributed by atoms with Gasteiger partial charge in [-0.3, -0.25) is 0 Å². The van der Waals surface area contributed by atoms with Gasteiger partial charge in [-0.2, -0.15) is 0 Å².